The van der Waals surface area contributed by atoms with Gasteiger partial charge in [-0.3, -0.25) is 14.5 Å². The third-order valence-electron chi connectivity index (χ3n) is 4.50. The van der Waals surface area contributed by atoms with E-state index in [0.29, 0.717) is 28.5 Å². The molecular formula is C21H22N2O5. The number of carbonyl (C=O) groups excluding carboxylic acids is 2. The molecule has 0 spiro atoms. The highest BCUT2D eigenvalue weighted by Gasteiger charge is 2.38. The molecule has 0 radical (unpaired) electrons. The van der Waals surface area contributed by atoms with Gasteiger partial charge in [0.25, 0.3) is 11.8 Å². The van der Waals surface area contributed by atoms with Crippen LogP contribution in [-0.4, -0.2) is 44.6 Å². The number of rotatable bonds is 7. The predicted molar refractivity (Wildman–Crippen MR) is 105 cm³/mol. The molecule has 0 saturated carbocycles. The molecule has 0 unspecified atom stereocenters. The Balaban J connectivity index is 2.11. The first kappa shape index (κ1) is 19.3. The normalized spacial score (nSPS) is 13.8. The number of hydrogen-bond acceptors (Lipinski definition) is 6. The number of amides is 2. The average molecular weight is 382 g/mol. The van der Waals surface area contributed by atoms with Gasteiger partial charge in [0, 0.05) is 18.3 Å². The Morgan fingerprint density at radius 2 is 1.64 bits per heavy atom. The van der Waals surface area contributed by atoms with Gasteiger partial charge >= 0.3 is 0 Å². The van der Waals surface area contributed by atoms with Gasteiger partial charge in [-0.15, -0.1) is 0 Å². The van der Waals surface area contributed by atoms with Gasteiger partial charge in [0.1, 0.15) is 11.4 Å². The van der Waals surface area contributed by atoms with Gasteiger partial charge in [0.15, 0.2) is 11.5 Å². The summed E-state index contributed by atoms with van der Waals surface area (Å²) in [5.74, 6) is 0.925. The minimum Gasteiger partial charge on any atom is -0.497 e. The molecule has 0 atom stereocenters. The topological polar surface area (TPSA) is 77.1 Å². The van der Waals surface area contributed by atoms with E-state index in [0.717, 1.165) is 0 Å². The number of methoxy groups -OCH3 is 3. The second kappa shape index (κ2) is 8.04. The number of imide groups is 1. The molecule has 1 N–H and O–H groups in total. The van der Waals surface area contributed by atoms with Crippen molar-refractivity contribution >= 4 is 23.1 Å². The molecule has 2 aromatic rings. The summed E-state index contributed by atoms with van der Waals surface area (Å²) in [6, 6.07) is 12.3. The highest BCUT2D eigenvalue weighted by molar-refractivity contribution is 6.36. The molecule has 3 rings (SSSR count). The van der Waals surface area contributed by atoms with Crippen molar-refractivity contribution in [3.8, 4) is 17.2 Å². The maximum Gasteiger partial charge on any atom is 0.278 e. The standard InChI is InChI=1S/C21H22N2O5/c1-5-23-20(24)18(13-9-10-16(27-3)17(11-13)28-4)19(21(23)25)22-14-7-6-8-15(12-14)26-2/h6-12,22H,5H2,1-4H3. The van der Waals surface area contributed by atoms with Crippen LogP contribution in [0, 0.1) is 0 Å². The number of anilines is 1. The lowest BCUT2D eigenvalue weighted by Gasteiger charge is -2.12. The Hall–Kier alpha value is -3.48. The van der Waals surface area contributed by atoms with E-state index in [2.05, 4.69) is 5.32 Å². The van der Waals surface area contributed by atoms with E-state index in [4.69, 9.17) is 14.2 Å². The van der Waals surface area contributed by atoms with Crippen molar-refractivity contribution in [2.75, 3.05) is 33.2 Å². The Morgan fingerprint density at radius 1 is 0.893 bits per heavy atom. The summed E-state index contributed by atoms with van der Waals surface area (Å²) in [5.41, 5.74) is 1.71. The number of likely N-dealkylation sites (N-methyl/N-ethyl adjacent to an activating group) is 1. The molecule has 28 heavy (non-hydrogen) atoms. The van der Waals surface area contributed by atoms with E-state index in [-0.39, 0.29) is 29.6 Å². The smallest absolute Gasteiger partial charge is 0.278 e. The van der Waals surface area contributed by atoms with E-state index < -0.39 is 0 Å². The van der Waals surface area contributed by atoms with Crippen LogP contribution in [0.3, 0.4) is 0 Å². The predicted octanol–water partition coefficient (Wildman–Crippen LogP) is 2.92. The fourth-order valence-electron chi connectivity index (χ4n) is 3.08. The lowest BCUT2D eigenvalue weighted by atomic mass is 10.0. The molecule has 1 aliphatic heterocycles. The fourth-order valence-corrected chi connectivity index (χ4v) is 3.08. The SMILES string of the molecule is CCN1C(=O)C(Nc2cccc(OC)c2)=C(c2ccc(OC)c(OC)c2)C1=O. The van der Waals surface area contributed by atoms with Gasteiger partial charge in [-0.1, -0.05) is 12.1 Å². The number of nitrogens with one attached hydrogen (secondary N) is 1. The van der Waals surface area contributed by atoms with Crippen LogP contribution in [0.15, 0.2) is 48.2 Å². The van der Waals surface area contributed by atoms with E-state index in [9.17, 15) is 9.59 Å². The van der Waals surface area contributed by atoms with Crippen LogP contribution in [-0.2, 0) is 9.59 Å². The molecule has 1 heterocycles. The Labute approximate surface area is 163 Å². The summed E-state index contributed by atoms with van der Waals surface area (Å²) in [4.78, 5) is 27.0. The van der Waals surface area contributed by atoms with Crippen LogP contribution in [0.2, 0.25) is 0 Å². The van der Waals surface area contributed by atoms with Crippen LogP contribution in [0.25, 0.3) is 5.57 Å². The summed E-state index contributed by atoms with van der Waals surface area (Å²) in [5, 5.41) is 3.09. The number of ether oxygens (including phenoxy) is 3. The summed E-state index contributed by atoms with van der Waals surface area (Å²) < 4.78 is 15.8. The Kier molecular flexibility index (Phi) is 5.54. The van der Waals surface area contributed by atoms with E-state index >= 15 is 0 Å². The van der Waals surface area contributed by atoms with Crippen LogP contribution in [0.1, 0.15) is 12.5 Å². The van der Waals surface area contributed by atoms with E-state index in [1.54, 1.807) is 56.5 Å². The molecule has 0 bridgehead atoms. The van der Waals surface area contributed by atoms with Crippen molar-refractivity contribution in [1.82, 2.24) is 4.90 Å². The maximum atomic E-state index is 12.9. The Bertz CT molecular complexity index is 952. The fraction of sp³-hybridized carbons (Fsp3) is 0.238. The number of nitrogens with zero attached hydrogens (tertiary/aromatic N) is 1. The third-order valence-corrected chi connectivity index (χ3v) is 4.50. The highest BCUT2D eigenvalue weighted by atomic mass is 16.5. The van der Waals surface area contributed by atoms with E-state index in [1.165, 1.54) is 19.1 Å². The zero-order valence-electron chi connectivity index (χ0n) is 16.2. The molecule has 0 aliphatic carbocycles. The van der Waals surface area contributed by atoms with Gasteiger partial charge < -0.3 is 19.5 Å². The molecule has 0 fully saturated rings. The molecule has 7 heteroatoms. The molecule has 7 nitrogen and oxygen atoms in total. The number of benzene rings is 2. The minimum absolute atomic E-state index is 0.215. The molecule has 146 valence electrons. The first-order valence-electron chi connectivity index (χ1n) is 8.78. The first-order chi connectivity index (χ1) is 13.5. The zero-order valence-corrected chi connectivity index (χ0v) is 16.2. The van der Waals surface area contributed by atoms with Crippen LogP contribution in [0.4, 0.5) is 5.69 Å². The first-order valence-corrected chi connectivity index (χ1v) is 8.78. The summed E-state index contributed by atoms with van der Waals surface area (Å²) in [6.45, 7) is 2.04. The lowest BCUT2D eigenvalue weighted by molar-refractivity contribution is -0.136. The summed E-state index contributed by atoms with van der Waals surface area (Å²) >= 11 is 0. The lowest BCUT2D eigenvalue weighted by Crippen LogP contribution is -2.32. The largest absolute Gasteiger partial charge is 0.497 e. The van der Waals surface area contributed by atoms with Crippen molar-refractivity contribution in [2.24, 2.45) is 0 Å². The average Bonchev–Trinajstić information content (AvgIpc) is 2.96. The van der Waals surface area contributed by atoms with Crippen LogP contribution < -0.4 is 19.5 Å². The summed E-state index contributed by atoms with van der Waals surface area (Å²) in [6.07, 6.45) is 0. The van der Waals surface area contributed by atoms with Crippen molar-refractivity contribution in [3.05, 3.63) is 53.7 Å². The van der Waals surface area contributed by atoms with Gasteiger partial charge in [0.05, 0.1) is 26.9 Å². The maximum absolute atomic E-state index is 12.9. The minimum atomic E-state index is -0.375. The summed E-state index contributed by atoms with van der Waals surface area (Å²) in [7, 11) is 4.62. The number of carbonyl (C=O) groups is 2. The molecule has 2 aromatic carbocycles. The van der Waals surface area contributed by atoms with Gasteiger partial charge in [-0.05, 0) is 36.8 Å². The Morgan fingerprint density at radius 3 is 2.29 bits per heavy atom. The quantitative estimate of drug-likeness (QED) is 0.742. The van der Waals surface area contributed by atoms with Crippen molar-refractivity contribution < 1.29 is 23.8 Å². The van der Waals surface area contributed by atoms with Crippen molar-refractivity contribution in [3.63, 3.8) is 0 Å². The second-order valence-corrected chi connectivity index (χ2v) is 6.03. The highest BCUT2D eigenvalue weighted by Crippen LogP contribution is 2.35. The second-order valence-electron chi connectivity index (χ2n) is 6.03. The molecule has 0 saturated heterocycles. The molecule has 1 aliphatic rings. The van der Waals surface area contributed by atoms with Crippen LogP contribution in [0.5, 0.6) is 17.2 Å². The molecular weight excluding hydrogens is 360 g/mol. The van der Waals surface area contributed by atoms with Crippen molar-refractivity contribution in [1.29, 1.82) is 0 Å². The van der Waals surface area contributed by atoms with Crippen molar-refractivity contribution in [2.45, 2.75) is 6.92 Å². The van der Waals surface area contributed by atoms with Gasteiger partial charge in [-0.25, -0.2) is 0 Å². The van der Waals surface area contributed by atoms with E-state index in [1.807, 2.05) is 0 Å². The zero-order chi connectivity index (χ0) is 20.3. The molecule has 2 amide bonds. The van der Waals surface area contributed by atoms with Gasteiger partial charge in [-0.2, -0.15) is 0 Å². The van der Waals surface area contributed by atoms with Gasteiger partial charge in [0.2, 0.25) is 0 Å². The third kappa shape index (κ3) is 3.38. The monoisotopic (exact) mass is 382 g/mol. The number of hydrogen-bond donors (Lipinski definition) is 1. The molecule has 0 aromatic heterocycles. The van der Waals surface area contributed by atoms with Crippen LogP contribution >= 0.6 is 0 Å².